The Balaban J connectivity index is 0.769. The third kappa shape index (κ3) is 8.57. The topological polar surface area (TPSA) is 184 Å². The summed E-state index contributed by atoms with van der Waals surface area (Å²) in [4.78, 5) is 80.7. The summed E-state index contributed by atoms with van der Waals surface area (Å²) < 4.78 is 27.4. The van der Waals surface area contributed by atoms with E-state index in [1.54, 1.807) is 66.7 Å². The number of hydrogen-bond donors (Lipinski definition) is 5. The van der Waals surface area contributed by atoms with Crippen molar-refractivity contribution >= 4 is 70.0 Å². The average Bonchev–Trinajstić information content (AvgIpc) is 3.91. The van der Waals surface area contributed by atoms with Gasteiger partial charge in [0.05, 0.1) is 30.9 Å². The molecular weight excluding hydrogens is 902 g/mol. The van der Waals surface area contributed by atoms with Gasteiger partial charge in [-0.2, -0.15) is 0 Å². The second-order valence-corrected chi connectivity index (χ2v) is 18.2. The normalized spacial score (nSPS) is 22.5. The van der Waals surface area contributed by atoms with Crippen LogP contribution in [0.15, 0.2) is 78.9 Å². The van der Waals surface area contributed by atoms with Gasteiger partial charge in [0.25, 0.3) is 11.8 Å². The lowest BCUT2D eigenvalue weighted by atomic mass is 9.55. The van der Waals surface area contributed by atoms with Gasteiger partial charge in [0.1, 0.15) is 23.9 Å². The first-order chi connectivity index (χ1) is 32.4. The number of ether oxygens (including phenoxy) is 2. The number of amides is 6. The van der Waals surface area contributed by atoms with Crippen LogP contribution in [-0.2, 0) is 40.6 Å². The summed E-state index contributed by atoms with van der Waals surface area (Å²) in [6.07, 6.45) is 4.22. The van der Waals surface area contributed by atoms with Gasteiger partial charge in [-0.1, -0.05) is 78.6 Å². The molecule has 346 valence electrons. The molecule has 0 aromatic heterocycles. The third-order valence-corrected chi connectivity index (χ3v) is 14.1. The van der Waals surface area contributed by atoms with Gasteiger partial charge < -0.3 is 30.3 Å². The van der Waals surface area contributed by atoms with Gasteiger partial charge in [-0.05, 0) is 90.6 Å². The fourth-order valence-electron chi connectivity index (χ4n) is 10.7. The first kappa shape index (κ1) is 46.0. The van der Waals surface area contributed by atoms with Gasteiger partial charge in [-0.15, -0.1) is 0 Å². The summed E-state index contributed by atoms with van der Waals surface area (Å²) in [6, 6.07) is 19.8. The van der Waals surface area contributed by atoms with Crippen molar-refractivity contribution in [2.24, 2.45) is 0 Å². The largest absolute Gasteiger partial charge is 0.377 e. The van der Waals surface area contributed by atoms with E-state index in [2.05, 4.69) is 38.4 Å². The first-order valence-corrected chi connectivity index (χ1v) is 23.1. The van der Waals surface area contributed by atoms with E-state index in [1.807, 2.05) is 6.07 Å². The molecule has 4 aromatic carbocycles. The number of halogens is 3. The van der Waals surface area contributed by atoms with Gasteiger partial charge in [0.2, 0.25) is 23.6 Å². The molecule has 5 aliphatic rings. The monoisotopic (exact) mass is 948 g/mol. The van der Waals surface area contributed by atoms with E-state index in [0.29, 0.717) is 51.5 Å². The van der Waals surface area contributed by atoms with Gasteiger partial charge in [-0.25, -0.2) is 4.39 Å². The number of carbonyl (C=O) groups excluding carboxylic acids is 6. The molecule has 67 heavy (non-hydrogen) atoms. The highest BCUT2D eigenvalue weighted by Crippen LogP contribution is 2.63. The van der Waals surface area contributed by atoms with Crippen LogP contribution in [0.2, 0.25) is 10.0 Å². The van der Waals surface area contributed by atoms with E-state index in [1.165, 1.54) is 11.0 Å². The van der Waals surface area contributed by atoms with Crippen LogP contribution in [0.4, 0.5) is 15.8 Å². The molecule has 6 amide bonds. The summed E-state index contributed by atoms with van der Waals surface area (Å²) in [5.74, 6) is 2.12. The summed E-state index contributed by atoms with van der Waals surface area (Å²) in [7, 11) is 0. The molecule has 14 nitrogen and oxygen atoms in total. The molecule has 1 unspecified atom stereocenters. The van der Waals surface area contributed by atoms with E-state index >= 15 is 4.39 Å². The highest BCUT2D eigenvalue weighted by Gasteiger charge is 2.72. The van der Waals surface area contributed by atoms with E-state index in [4.69, 9.17) is 32.7 Å². The number of anilines is 2. The van der Waals surface area contributed by atoms with E-state index in [-0.39, 0.29) is 86.6 Å². The number of imide groups is 1. The number of fused-ring (bicyclic) bond motifs is 4. The number of nitrogens with one attached hydrogen (secondary N) is 5. The lowest BCUT2D eigenvalue weighted by Gasteiger charge is -2.47. The third-order valence-electron chi connectivity index (χ3n) is 13.6. The van der Waals surface area contributed by atoms with Crippen molar-refractivity contribution in [3.05, 3.63) is 128 Å². The highest BCUT2D eigenvalue weighted by molar-refractivity contribution is 6.31. The lowest BCUT2D eigenvalue weighted by molar-refractivity contribution is -0.137. The zero-order chi connectivity index (χ0) is 46.9. The molecule has 0 radical (unpaired) electrons. The number of benzene rings is 4. The zero-order valence-electron chi connectivity index (χ0n) is 36.3. The Morgan fingerprint density at radius 2 is 1.67 bits per heavy atom. The maximum Gasteiger partial charge on any atom is 0.255 e. The van der Waals surface area contributed by atoms with E-state index < -0.39 is 46.6 Å². The van der Waals surface area contributed by atoms with E-state index in [0.717, 1.165) is 24.8 Å². The second kappa shape index (κ2) is 19.2. The Kier molecular flexibility index (Phi) is 13.2. The molecular formula is C50H47Cl2FN6O8. The predicted molar refractivity (Wildman–Crippen MR) is 247 cm³/mol. The number of rotatable bonds is 12. The van der Waals surface area contributed by atoms with Crippen LogP contribution < -0.4 is 26.6 Å². The van der Waals surface area contributed by atoms with Crippen molar-refractivity contribution in [1.29, 1.82) is 0 Å². The molecule has 4 aliphatic heterocycles. The molecule has 2 spiro atoms. The van der Waals surface area contributed by atoms with Crippen LogP contribution in [0.1, 0.15) is 93.8 Å². The molecule has 2 saturated heterocycles. The molecule has 9 rings (SSSR count). The fraction of sp³-hybridized carbons (Fsp3) is 0.360. The van der Waals surface area contributed by atoms with Crippen LogP contribution in [0.3, 0.4) is 0 Å². The quantitative estimate of drug-likeness (QED) is 0.0647. The SMILES string of the molecule is O=C1CCC(N2Cc3c(C#CCOCCOCCNC(=O)c4ccc(NC(=O)[C@@H]5NC6(CCCCC6)[C@@]6(C(=O)Nc7cc(Cl)ccc76)[C@H]5c5cccc(Cl)c5F)cc4)cccc3C2=O)C(=O)N1. The Hall–Kier alpha value is -6.15. The van der Waals surface area contributed by atoms with Crippen molar-refractivity contribution in [3.63, 3.8) is 0 Å². The van der Waals surface area contributed by atoms with Gasteiger partial charge in [0.15, 0.2) is 0 Å². The molecule has 17 heteroatoms. The Bertz CT molecular complexity index is 2740. The molecule has 3 fully saturated rings. The minimum Gasteiger partial charge on any atom is -0.377 e. The van der Waals surface area contributed by atoms with Gasteiger partial charge in [-0.3, -0.25) is 39.4 Å². The van der Waals surface area contributed by atoms with E-state index in [9.17, 15) is 28.8 Å². The Labute approximate surface area is 396 Å². The van der Waals surface area contributed by atoms with Gasteiger partial charge in [0, 0.05) is 64.1 Å². The molecule has 4 aromatic rings. The molecule has 5 N–H and O–H groups in total. The maximum atomic E-state index is 16.2. The summed E-state index contributed by atoms with van der Waals surface area (Å²) in [5, 5.41) is 15.0. The molecule has 1 saturated carbocycles. The molecule has 1 aliphatic carbocycles. The number of piperidine rings is 1. The predicted octanol–water partition coefficient (Wildman–Crippen LogP) is 6.00. The molecule has 4 atom stereocenters. The minimum atomic E-state index is -1.37. The summed E-state index contributed by atoms with van der Waals surface area (Å²) in [5.41, 5.74) is 1.74. The maximum absolute atomic E-state index is 16.2. The molecule has 4 heterocycles. The minimum absolute atomic E-state index is 0.115. The van der Waals surface area contributed by atoms with Gasteiger partial charge >= 0.3 is 0 Å². The highest BCUT2D eigenvalue weighted by atomic mass is 35.5. The van der Waals surface area contributed by atoms with Crippen LogP contribution in [-0.4, -0.2) is 90.9 Å². The van der Waals surface area contributed by atoms with Crippen molar-refractivity contribution in [1.82, 2.24) is 20.9 Å². The standard InChI is InChI=1S/C50H47Cl2FN6O8/c51-31-14-17-36-38(27-31)56-48(65)50(36)41(34-10-5-11-37(52)42(34)53)43(58-49(50)20-2-1-3-21-49)46(63)55-32-15-12-30(13-16-32)44(61)54-22-24-67-26-25-66-23-6-8-29-7-4-9-33-35(29)28-59(47(33)64)39-18-19-40(60)57-45(39)62/h4-5,7,9-17,27,39,41,43,58H,1-3,18-26,28H2,(H,54,61)(H,55,63)(H,56,65)(H,57,60,62)/t39?,41-,43+,50+/m0/s1. The lowest BCUT2D eigenvalue weighted by Crippen LogP contribution is -2.60. The van der Waals surface area contributed by atoms with Crippen LogP contribution in [0.5, 0.6) is 0 Å². The summed E-state index contributed by atoms with van der Waals surface area (Å²) in [6.45, 7) is 1.32. The number of hydrogen-bond acceptors (Lipinski definition) is 9. The Morgan fingerprint density at radius 3 is 2.46 bits per heavy atom. The Morgan fingerprint density at radius 1 is 0.896 bits per heavy atom. The first-order valence-electron chi connectivity index (χ1n) is 22.3. The van der Waals surface area contributed by atoms with Crippen molar-refractivity contribution < 1.29 is 42.6 Å². The number of nitrogens with zero attached hydrogens (tertiary/aromatic N) is 1. The summed E-state index contributed by atoms with van der Waals surface area (Å²) >= 11 is 12.8. The fourth-order valence-corrected chi connectivity index (χ4v) is 11.0. The van der Waals surface area contributed by atoms with Crippen LogP contribution >= 0.6 is 23.2 Å². The second-order valence-electron chi connectivity index (χ2n) is 17.4. The average molecular weight is 950 g/mol. The van der Waals surface area contributed by atoms with Crippen molar-refractivity contribution in [3.8, 4) is 11.8 Å². The van der Waals surface area contributed by atoms with Crippen molar-refractivity contribution in [2.75, 3.05) is 43.6 Å². The smallest absolute Gasteiger partial charge is 0.255 e. The molecule has 0 bridgehead atoms. The van der Waals surface area contributed by atoms with Crippen molar-refractivity contribution in [2.45, 2.75) is 80.4 Å². The van der Waals surface area contributed by atoms with Crippen LogP contribution in [0, 0.1) is 17.7 Å². The number of carbonyl (C=O) groups is 6. The van der Waals surface area contributed by atoms with Crippen LogP contribution in [0.25, 0.3) is 0 Å². The zero-order valence-corrected chi connectivity index (χ0v) is 37.8.